The van der Waals surface area contributed by atoms with Crippen LogP contribution >= 0.6 is 0 Å². The molecule has 2 aromatic rings. The van der Waals surface area contributed by atoms with Gasteiger partial charge in [-0.05, 0) is 12.8 Å². The molecule has 0 saturated carbocycles. The third-order valence-electron chi connectivity index (χ3n) is 5.27. The molecule has 0 amide bonds. The number of unbranched alkanes of at least 4 members (excludes halogenated alkanes) is 8. The maximum absolute atomic E-state index is 4.60. The third-order valence-corrected chi connectivity index (χ3v) is 5.27. The Hall–Kier alpha value is -1.65. The number of fused-ring (bicyclic) bond motifs is 1. The first kappa shape index (κ1) is 20.7. The lowest BCUT2D eigenvalue weighted by atomic mass is 10.00. The van der Waals surface area contributed by atoms with Crippen molar-refractivity contribution in [3.63, 3.8) is 0 Å². The summed E-state index contributed by atoms with van der Waals surface area (Å²) in [6, 6.07) is 0.503. The number of imidazole rings is 1. The van der Waals surface area contributed by atoms with Crippen LogP contribution in [0.4, 0.5) is 5.82 Å². The van der Waals surface area contributed by atoms with Gasteiger partial charge >= 0.3 is 0 Å². The van der Waals surface area contributed by atoms with Crippen molar-refractivity contribution >= 4 is 17.0 Å². The van der Waals surface area contributed by atoms with E-state index in [1.54, 1.807) is 6.33 Å². The second-order valence-electron chi connectivity index (χ2n) is 7.36. The van der Waals surface area contributed by atoms with E-state index in [0.717, 1.165) is 17.0 Å². The molecule has 0 aliphatic carbocycles. The quantitative estimate of drug-likeness (QED) is 0.412. The average molecular weight is 360 g/mol. The molecule has 0 atom stereocenters. The average Bonchev–Trinajstić information content (AvgIpc) is 3.10. The monoisotopic (exact) mass is 359 g/mol. The van der Waals surface area contributed by atoms with Crippen molar-refractivity contribution in [2.75, 3.05) is 12.4 Å². The predicted molar refractivity (Wildman–Crippen MR) is 111 cm³/mol. The molecule has 0 aromatic carbocycles. The van der Waals surface area contributed by atoms with Gasteiger partial charge in [0.1, 0.15) is 11.8 Å². The van der Waals surface area contributed by atoms with Crippen LogP contribution in [-0.2, 0) is 0 Å². The molecule has 0 bridgehead atoms. The Morgan fingerprint density at radius 2 is 1.46 bits per heavy atom. The van der Waals surface area contributed by atoms with Crippen molar-refractivity contribution < 1.29 is 0 Å². The lowest BCUT2D eigenvalue weighted by molar-refractivity contribution is 0.400. The molecule has 0 spiro atoms. The van der Waals surface area contributed by atoms with E-state index in [4.69, 9.17) is 0 Å². The van der Waals surface area contributed by atoms with Crippen LogP contribution in [0.1, 0.15) is 96.9 Å². The highest BCUT2D eigenvalue weighted by Gasteiger charge is 2.16. The number of nitrogens with zero attached hydrogens (tertiary/aromatic N) is 4. The number of hydrogen-bond acceptors (Lipinski definition) is 4. The zero-order valence-corrected chi connectivity index (χ0v) is 17.0. The first-order valence-electron chi connectivity index (χ1n) is 10.7. The van der Waals surface area contributed by atoms with Crippen molar-refractivity contribution in [3.05, 3.63) is 12.7 Å². The molecule has 2 heterocycles. The predicted octanol–water partition coefficient (Wildman–Crippen LogP) is 6.13. The Labute approximate surface area is 159 Å². The van der Waals surface area contributed by atoms with Crippen molar-refractivity contribution in [2.24, 2.45) is 0 Å². The lowest BCUT2D eigenvalue weighted by Gasteiger charge is -2.19. The van der Waals surface area contributed by atoms with Crippen molar-refractivity contribution in [1.29, 1.82) is 0 Å². The van der Waals surface area contributed by atoms with E-state index in [9.17, 15) is 0 Å². The largest absolute Gasteiger partial charge is 0.371 e. The van der Waals surface area contributed by atoms with E-state index >= 15 is 0 Å². The van der Waals surface area contributed by atoms with Crippen molar-refractivity contribution in [2.45, 2.75) is 96.9 Å². The van der Waals surface area contributed by atoms with Gasteiger partial charge in [-0.25, -0.2) is 15.0 Å². The number of aromatic nitrogens is 4. The molecule has 0 aliphatic heterocycles. The standard InChI is InChI=1S/C21H37N5/c1-4-6-8-10-12-14-18(15-13-11-9-7-5-2)26-17-25-19-20(22-3)23-16-24-21(19)26/h16-18H,4-15H2,1-3H3,(H,22,23,24). The third kappa shape index (κ3) is 5.96. The molecular weight excluding hydrogens is 322 g/mol. The number of anilines is 1. The van der Waals surface area contributed by atoms with E-state index in [2.05, 4.69) is 38.7 Å². The summed E-state index contributed by atoms with van der Waals surface area (Å²) in [5, 5.41) is 3.13. The fraction of sp³-hybridized carbons (Fsp3) is 0.762. The van der Waals surface area contributed by atoms with Gasteiger partial charge in [0.15, 0.2) is 11.5 Å². The van der Waals surface area contributed by atoms with Crippen LogP contribution in [0.5, 0.6) is 0 Å². The van der Waals surface area contributed by atoms with Gasteiger partial charge in [-0.15, -0.1) is 0 Å². The van der Waals surface area contributed by atoms with Crippen LogP contribution < -0.4 is 5.32 Å². The Morgan fingerprint density at radius 3 is 2.04 bits per heavy atom. The minimum atomic E-state index is 0.503. The second kappa shape index (κ2) is 11.9. The minimum Gasteiger partial charge on any atom is -0.371 e. The number of nitrogens with one attached hydrogen (secondary N) is 1. The van der Waals surface area contributed by atoms with Crippen LogP contribution in [0.15, 0.2) is 12.7 Å². The summed E-state index contributed by atoms with van der Waals surface area (Å²) >= 11 is 0. The normalized spacial score (nSPS) is 11.5. The molecule has 26 heavy (non-hydrogen) atoms. The molecule has 1 N–H and O–H groups in total. The van der Waals surface area contributed by atoms with Crippen molar-refractivity contribution in [3.8, 4) is 0 Å². The van der Waals surface area contributed by atoms with Gasteiger partial charge in [0.25, 0.3) is 0 Å². The summed E-state index contributed by atoms with van der Waals surface area (Å²) in [7, 11) is 1.89. The molecule has 0 radical (unpaired) electrons. The van der Waals surface area contributed by atoms with Crippen LogP contribution in [0.3, 0.4) is 0 Å². The first-order valence-corrected chi connectivity index (χ1v) is 10.7. The minimum absolute atomic E-state index is 0.503. The van der Waals surface area contributed by atoms with Gasteiger partial charge in [0, 0.05) is 13.1 Å². The SMILES string of the molecule is CCCCCCCC(CCCCCCC)n1cnc2c(NC)ncnc21. The van der Waals surface area contributed by atoms with Gasteiger partial charge in [0.2, 0.25) is 0 Å². The van der Waals surface area contributed by atoms with E-state index < -0.39 is 0 Å². The van der Waals surface area contributed by atoms with E-state index in [-0.39, 0.29) is 0 Å². The maximum Gasteiger partial charge on any atom is 0.165 e. The summed E-state index contributed by atoms with van der Waals surface area (Å²) in [4.78, 5) is 13.4. The van der Waals surface area contributed by atoms with Crippen LogP contribution in [0, 0.1) is 0 Å². The first-order chi connectivity index (χ1) is 12.8. The molecule has 0 unspecified atom stereocenters. The van der Waals surface area contributed by atoms with Crippen molar-refractivity contribution in [1.82, 2.24) is 19.5 Å². The summed E-state index contributed by atoms with van der Waals surface area (Å²) < 4.78 is 2.30. The maximum atomic E-state index is 4.60. The molecule has 5 heteroatoms. The topological polar surface area (TPSA) is 55.6 Å². The molecular formula is C21H37N5. The smallest absolute Gasteiger partial charge is 0.165 e. The van der Waals surface area contributed by atoms with Gasteiger partial charge in [-0.1, -0.05) is 78.1 Å². The van der Waals surface area contributed by atoms with E-state index in [1.807, 2.05) is 13.4 Å². The zero-order valence-electron chi connectivity index (χ0n) is 17.0. The fourth-order valence-electron chi connectivity index (χ4n) is 3.69. The number of rotatable bonds is 14. The zero-order chi connectivity index (χ0) is 18.6. The van der Waals surface area contributed by atoms with Crippen LogP contribution in [-0.4, -0.2) is 26.6 Å². The van der Waals surface area contributed by atoms with Gasteiger partial charge in [-0.2, -0.15) is 0 Å². The lowest BCUT2D eigenvalue weighted by Crippen LogP contribution is -2.09. The molecule has 146 valence electrons. The summed E-state index contributed by atoms with van der Waals surface area (Å²) in [6.45, 7) is 4.55. The molecule has 0 fully saturated rings. The van der Waals surface area contributed by atoms with Gasteiger partial charge in [-0.3, -0.25) is 0 Å². The molecule has 2 rings (SSSR count). The second-order valence-corrected chi connectivity index (χ2v) is 7.36. The fourth-order valence-corrected chi connectivity index (χ4v) is 3.69. The summed E-state index contributed by atoms with van der Waals surface area (Å²) in [5.41, 5.74) is 1.86. The molecule has 0 saturated heterocycles. The Kier molecular flexibility index (Phi) is 9.43. The molecule has 0 aliphatic rings. The van der Waals surface area contributed by atoms with Crippen LogP contribution in [0.25, 0.3) is 11.2 Å². The Morgan fingerprint density at radius 1 is 0.846 bits per heavy atom. The highest BCUT2D eigenvalue weighted by atomic mass is 15.2. The van der Waals surface area contributed by atoms with Gasteiger partial charge in [0.05, 0.1) is 6.33 Å². The van der Waals surface area contributed by atoms with Gasteiger partial charge < -0.3 is 9.88 Å². The Balaban J connectivity index is 2.04. The highest BCUT2D eigenvalue weighted by molar-refractivity contribution is 5.82. The van der Waals surface area contributed by atoms with E-state index in [0.29, 0.717) is 6.04 Å². The molecule has 5 nitrogen and oxygen atoms in total. The summed E-state index contributed by atoms with van der Waals surface area (Å²) in [5.74, 6) is 0.818. The highest BCUT2D eigenvalue weighted by Crippen LogP contribution is 2.28. The Bertz CT molecular complexity index is 608. The summed E-state index contributed by atoms with van der Waals surface area (Å²) in [6.07, 6.45) is 19.4. The van der Waals surface area contributed by atoms with E-state index in [1.165, 1.54) is 77.0 Å². The number of hydrogen-bond donors (Lipinski definition) is 1. The molecule has 2 aromatic heterocycles. The van der Waals surface area contributed by atoms with Crippen LogP contribution in [0.2, 0.25) is 0 Å².